The molecular formula is C13H26N8. The van der Waals surface area contributed by atoms with Crippen LogP contribution in [0.25, 0.3) is 0 Å². The molecule has 3 N–H and O–H groups in total. The summed E-state index contributed by atoms with van der Waals surface area (Å²) in [6.07, 6.45) is 0. The lowest BCUT2D eigenvalue weighted by Crippen LogP contribution is -2.45. The predicted molar refractivity (Wildman–Crippen MR) is 84.2 cm³/mol. The lowest BCUT2D eigenvalue weighted by molar-refractivity contribution is 0.200. The van der Waals surface area contributed by atoms with Gasteiger partial charge < -0.3 is 16.0 Å². The van der Waals surface area contributed by atoms with Gasteiger partial charge in [0.1, 0.15) is 5.82 Å². The molecule has 8 nitrogen and oxygen atoms in total. The standard InChI is InChI=1S/C13H26N8/c1-19(2)13-17-11(16-12(14)18-13)10-20(3)8-9-21-6-4-15-5-7-21/h15H,4-10H2,1-3H3,(H2,14,16,17,18). The molecule has 1 aliphatic rings. The Morgan fingerprint density at radius 3 is 2.52 bits per heavy atom. The minimum absolute atomic E-state index is 0.277. The lowest BCUT2D eigenvalue weighted by atomic mass is 10.3. The largest absolute Gasteiger partial charge is 0.368 e. The van der Waals surface area contributed by atoms with Gasteiger partial charge in [-0.1, -0.05) is 0 Å². The Balaban J connectivity index is 1.85. The molecule has 0 unspecified atom stereocenters. The van der Waals surface area contributed by atoms with Crippen molar-refractivity contribution >= 4 is 11.9 Å². The van der Waals surface area contributed by atoms with Gasteiger partial charge in [0.25, 0.3) is 0 Å². The molecule has 0 radical (unpaired) electrons. The van der Waals surface area contributed by atoms with E-state index in [-0.39, 0.29) is 5.95 Å². The van der Waals surface area contributed by atoms with Crippen molar-refractivity contribution in [2.75, 3.05) is 71.0 Å². The van der Waals surface area contributed by atoms with Crippen LogP contribution in [0.2, 0.25) is 0 Å². The Labute approximate surface area is 126 Å². The molecule has 0 bridgehead atoms. The van der Waals surface area contributed by atoms with Crippen molar-refractivity contribution in [3.63, 3.8) is 0 Å². The molecule has 118 valence electrons. The van der Waals surface area contributed by atoms with Crippen LogP contribution in [0.5, 0.6) is 0 Å². The van der Waals surface area contributed by atoms with E-state index in [1.165, 1.54) is 0 Å². The normalized spacial score (nSPS) is 16.4. The molecule has 2 rings (SSSR count). The van der Waals surface area contributed by atoms with Gasteiger partial charge in [0, 0.05) is 53.4 Å². The summed E-state index contributed by atoms with van der Waals surface area (Å²) >= 11 is 0. The molecule has 2 heterocycles. The van der Waals surface area contributed by atoms with E-state index in [9.17, 15) is 0 Å². The van der Waals surface area contributed by atoms with E-state index >= 15 is 0 Å². The van der Waals surface area contributed by atoms with E-state index in [1.807, 2.05) is 19.0 Å². The third-order valence-electron chi connectivity index (χ3n) is 3.51. The fourth-order valence-corrected chi connectivity index (χ4v) is 2.26. The summed E-state index contributed by atoms with van der Waals surface area (Å²) in [5, 5.41) is 3.36. The molecule has 8 heteroatoms. The third kappa shape index (κ3) is 5.07. The molecule has 0 atom stereocenters. The number of hydrogen-bond acceptors (Lipinski definition) is 8. The fraction of sp³-hybridized carbons (Fsp3) is 0.769. The van der Waals surface area contributed by atoms with E-state index in [0.717, 1.165) is 39.3 Å². The number of likely N-dealkylation sites (N-methyl/N-ethyl adjacent to an activating group) is 1. The zero-order valence-corrected chi connectivity index (χ0v) is 13.2. The second-order valence-corrected chi connectivity index (χ2v) is 5.63. The highest BCUT2D eigenvalue weighted by molar-refractivity contribution is 5.32. The molecule has 0 spiro atoms. The summed E-state index contributed by atoms with van der Waals surface area (Å²) in [6.45, 7) is 7.15. The van der Waals surface area contributed by atoms with E-state index in [4.69, 9.17) is 5.73 Å². The number of anilines is 2. The van der Waals surface area contributed by atoms with Crippen LogP contribution in [0.15, 0.2) is 0 Å². The summed E-state index contributed by atoms with van der Waals surface area (Å²) < 4.78 is 0. The molecule has 1 aromatic rings. The van der Waals surface area contributed by atoms with Crippen LogP contribution in [0, 0.1) is 0 Å². The molecule has 1 saturated heterocycles. The van der Waals surface area contributed by atoms with E-state index in [1.54, 1.807) is 0 Å². The summed E-state index contributed by atoms with van der Waals surface area (Å²) in [6, 6.07) is 0. The van der Waals surface area contributed by atoms with Crippen LogP contribution in [0.4, 0.5) is 11.9 Å². The molecule has 1 aromatic heterocycles. The minimum Gasteiger partial charge on any atom is -0.368 e. The zero-order valence-electron chi connectivity index (χ0n) is 13.2. The van der Waals surface area contributed by atoms with Gasteiger partial charge in [-0.05, 0) is 7.05 Å². The number of rotatable bonds is 6. The molecule has 0 amide bonds. The van der Waals surface area contributed by atoms with E-state index < -0.39 is 0 Å². The predicted octanol–water partition coefficient (Wildman–Crippen LogP) is -1.14. The van der Waals surface area contributed by atoms with Crippen molar-refractivity contribution in [1.82, 2.24) is 30.1 Å². The Bertz CT molecular complexity index is 444. The topological polar surface area (TPSA) is 86.4 Å². The molecule has 21 heavy (non-hydrogen) atoms. The quantitative estimate of drug-likeness (QED) is 0.681. The van der Waals surface area contributed by atoms with Crippen LogP contribution < -0.4 is 16.0 Å². The van der Waals surface area contributed by atoms with E-state index in [0.29, 0.717) is 18.3 Å². The fourth-order valence-electron chi connectivity index (χ4n) is 2.26. The number of nitrogen functional groups attached to an aromatic ring is 1. The molecule has 0 saturated carbocycles. The third-order valence-corrected chi connectivity index (χ3v) is 3.51. The van der Waals surface area contributed by atoms with Crippen molar-refractivity contribution < 1.29 is 0 Å². The van der Waals surface area contributed by atoms with Gasteiger partial charge in [-0.15, -0.1) is 0 Å². The summed E-state index contributed by atoms with van der Waals surface area (Å²) in [5.41, 5.74) is 5.74. The highest BCUT2D eigenvalue weighted by Gasteiger charge is 2.12. The van der Waals surface area contributed by atoms with Gasteiger partial charge in [-0.25, -0.2) is 0 Å². The van der Waals surface area contributed by atoms with Gasteiger partial charge in [-0.2, -0.15) is 15.0 Å². The maximum atomic E-state index is 5.74. The van der Waals surface area contributed by atoms with Gasteiger partial charge in [0.15, 0.2) is 0 Å². The number of nitrogens with two attached hydrogens (primary N) is 1. The monoisotopic (exact) mass is 294 g/mol. The number of aromatic nitrogens is 3. The maximum Gasteiger partial charge on any atom is 0.229 e. The van der Waals surface area contributed by atoms with Crippen molar-refractivity contribution in [3.8, 4) is 0 Å². The number of hydrogen-bond donors (Lipinski definition) is 2. The van der Waals surface area contributed by atoms with Crippen LogP contribution in [0.1, 0.15) is 5.82 Å². The molecular weight excluding hydrogens is 268 g/mol. The molecule has 1 aliphatic heterocycles. The lowest BCUT2D eigenvalue weighted by Gasteiger charge is -2.28. The Kier molecular flexibility index (Phi) is 5.66. The summed E-state index contributed by atoms with van der Waals surface area (Å²) in [4.78, 5) is 19.3. The van der Waals surface area contributed by atoms with Crippen molar-refractivity contribution in [2.24, 2.45) is 0 Å². The first-order chi connectivity index (χ1) is 10.0. The molecule has 0 aromatic carbocycles. The van der Waals surface area contributed by atoms with Crippen molar-refractivity contribution in [3.05, 3.63) is 5.82 Å². The van der Waals surface area contributed by atoms with Gasteiger partial charge in [-0.3, -0.25) is 9.80 Å². The second-order valence-electron chi connectivity index (χ2n) is 5.63. The Morgan fingerprint density at radius 1 is 1.14 bits per heavy atom. The number of nitrogens with zero attached hydrogens (tertiary/aromatic N) is 6. The van der Waals surface area contributed by atoms with Crippen LogP contribution in [-0.2, 0) is 6.54 Å². The maximum absolute atomic E-state index is 5.74. The highest BCUT2D eigenvalue weighted by atomic mass is 15.3. The average Bonchev–Trinajstić information content (AvgIpc) is 2.45. The zero-order chi connectivity index (χ0) is 15.2. The van der Waals surface area contributed by atoms with E-state index in [2.05, 4.69) is 37.1 Å². The van der Waals surface area contributed by atoms with Crippen molar-refractivity contribution in [2.45, 2.75) is 6.54 Å². The summed E-state index contributed by atoms with van der Waals surface area (Å²) in [7, 11) is 5.87. The van der Waals surface area contributed by atoms with Gasteiger partial charge in [0.05, 0.1) is 6.54 Å². The highest BCUT2D eigenvalue weighted by Crippen LogP contribution is 2.07. The second kappa shape index (κ2) is 7.48. The average molecular weight is 294 g/mol. The Hall–Kier alpha value is -1.51. The van der Waals surface area contributed by atoms with Gasteiger partial charge in [0.2, 0.25) is 11.9 Å². The number of piperazine rings is 1. The minimum atomic E-state index is 0.277. The SMILES string of the molecule is CN(CCN1CCNCC1)Cc1nc(N)nc(N(C)C)n1. The van der Waals surface area contributed by atoms with Crippen LogP contribution >= 0.6 is 0 Å². The first-order valence-electron chi connectivity index (χ1n) is 7.34. The smallest absolute Gasteiger partial charge is 0.229 e. The summed E-state index contributed by atoms with van der Waals surface area (Å²) in [5.74, 6) is 1.60. The first kappa shape index (κ1) is 15.9. The van der Waals surface area contributed by atoms with Crippen LogP contribution in [0.3, 0.4) is 0 Å². The number of nitrogens with one attached hydrogen (secondary N) is 1. The first-order valence-corrected chi connectivity index (χ1v) is 7.34. The Morgan fingerprint density at radius 2 is 1.86 bits per heavy atom. The van der Waals surface area contributed by atoms with Crippen molar-refractivity contribution in [1.29, 1.82) is 0 Å². The van der Waals surface area contributed by atoms with Gasteiger partial charge >= 0.3 is 0 Å². The molecule has 1 fully saturated rings. The van der Waals surface area contributed by atoms with Crippen LogP contribution in [-0.4, -0.2) is 85.2 Å². The molecule has 0 aliphatic carbocycles.